The van der Waals surface area contributed by atoms with E-state index >= 15 is 0 Å². The molecular weight excluding hydrogens is 427 g/mol. The minimum absolute atomic E-state index is 0.0757. The second kappa shape index (κ2) is 10.1. The van der Waals surface area contributed by atoms with E-state index in [-0.39, 0.29) is 17.1 Å². The van der Waals surface area contributed by atoms with Crippen LogP contribution in [0.15, 0.2) is 29.6 Å². The van der Waals surface area contributed by atoms with Crippen molar-refractivity contribution in [3.63, 3.8) is 0 Å². The number of benzene rings is 1. The van der Waals surface area contributed by atoms with E-state index in [1.807, 2.05) is 0 Å². The summed E-state index contributed by atoms with van der Waals surface area (Å²) in [5.74, 6) is -0.469. The molecule has 1 aromatic carbocycles. The largest absolute Gasteiger partial charge is 0.369 e. The molecule has 0 fully saturated rings. The van der Waals surface area contributed by atoms with Crippen molar-refractivity contribution >= 4 is 46.1 Å². The van der Waals surface area contributed by atoms with Gasteiger partial charge in [0.15, 0.2) is 10.8 Å². The van der Waals surface area contributed by atoms with Gasteiger partial charge in [0, 0.05) is 18.3 Å². The standard InChI is InChI=1S/C20H24ClFN6OS/c1-4-8-23-17-13-11-25-28(18(13)27-20(26-17)30-12(2)3)10-9-24-19(29)16-14(21)6-5-7-15(16)22/h5-7,11-12H,4,8-10H2,1-3H3,(H,24,29)(H,23,26,27). The first-order chi connectivity index (χ1) is 14.4. The van der Waals surface area contributed by atoms with Gasteiger partial charge in [-0.2, -0.15) is 5.10 Å². The molecule has 1 amide bonds. The Bertz CT molecular complexity index is 1020. The molecule has 3 aromatic rings. The van der Waals surface area contributed by atoms with Crippen LogP contribution in [0.25, 0.3) is 11.0 Å². The highest BCUT2D eigenvalue weighted by atomic mass is 35.5. The fourth-order valence-electron chi connectivity index (χ4n) is 2.82. The van der Waals surface area contributed by atoms with Gasteiger partial charge < -0.3 is 10.6 Å². The lowest BCUT2D eigenvalue weighted by Crippen LogP contribution is -2.28. The van der Waals surface area contributed by atoms with Crippen molar-refractivity contribution in [3.8, 4) is 0 Å². The second-order valence-electron chi connectivity index (χ2n) is 6.91. The first-order valence-corrected chi connectivity index (χ1v) is 11.0. The normalized spacial score (nSPS) is 11.3. The molecule has 0 spiro atoms. The minimum atomic E-state index is -0.653. The van der Waals surface area contributed by atoms with Gasteiger partial charge >= 0.3 is 0 Å². The van der Waals surface area contributed by atoms with E-state index in [1.165, 1.54) is 18.2 Å². The highest BCUT2D eigenvalue weighted by Crippen LogP contribution is 2.26. The van der Waals surface area contributed by atoms with Crippen LogP contribution >= 0.6 is 23.4 Å². The number of hydrogen-bond acceptors (Lipinski definition) is 6. The lowest BCUT2D eigenvalue weighted by Gasteiger charge is -2.11. The maximum Gasteiger partial charge on any atom is 0.255 e. The third-order valence-corrected chi connectivity index (χ3v) is 5.34. The zero-order chi connectivity index (χ0) is 21.7. The molecule has 3 rings (SSSR count). The molecule has 2 heterocycles. The van der Waals surface area contributed by atoms with Crippen LogP contribution in [0.1, 0.15) is 37.6 Å². The number of halogens is 2. The summed E-state index contributed by atoms with van der Waals surface area (Å²) in [7, 11) is 0. The van der Waals surface area contributed by atoms with Gasteiger partial charge in [-0.3, -0.25) is 4.79 Å². The lowest BCUT2D eigenvalue weighted by atomic mass is 10.2. The highest BCUT2D eigenvalue weighted by Gasteiger charge is 2.17. The number of amides is 1. The van der Waals surface area contributed by atoms with Crippen molar-refractivity contribution in [1.82, 2.24) is 25.1 Å². The predicted molar refractivity (Wildman–Crippen MR) is 119 cm³/mol. The van der Waals surface area contributed by atoms with Crippen molar-refractivity contribution in [2.24, 2.45) is 0 Å². The van der Waals surface area contributed by atoms with Gasteiger partial charge in [-0.1, -0.05) is 50.2 Å². The molecular formula is C20H24ClFN6OS. The summed E-state index contributed by atoms with van der Waals surface area (Å²) in [5.41, 5.74) is 0.526. The van der Waals surface area contributed by atoms with Gasteiger partial charge in [-0.25, -0.2) is 19.0 Å². The summed E-state index contributed by atoms with van der Waals surface area (Å²) in [5, 5.41) is 12.3. The van der Waals surface area contributed by atoms with Crippen molar-refractivity contribution in [2.45, 2.75) is 44.1 Å². The number of hydrogen-bond donors (Lipinski definition) is 2. The Morgan fingerprint density at radius 2 is 2.10 bits per heavy atom. The van der Waals surface area contributed by atoms with Crippen LogP contribution < -0.4 is 10.6 Å². The van der Waals surface area contributed by atoms with E-state index in [2.05, 4.69) is 46.5 Å². The summed E-state index contributed by atoms with van der Waals surface area (Å²) in [6, 6.07) is 4.15. The van der Waals surface area contributed by atoms with Gasteiger partial charge in [-0.15, -0.1) is 0 Å². The number of fused-ring (bicyclic) bond motifs is 1. The number of carbonyl (C=O) groups excluding carboxylic acids is 1. The highest BCUT2D eigenvalue weighted by molar-refractivity contribution is 7.99. The van der Waals surface area contributed by atoms with E-state index in [0.717, 1.165) is 24.2 Å². The average molecular weight is 451 g/mol. The maximum atomic E-state index is 13.9. The fraction of sp³-hybridized carbons (Fsp3) is 0.400. The molecule has 0 saturated carbocycles. The first-order valence-electron chi connectivity index (χ1n) is 9.77. The fourth-order valence-corrected chi connectivity index (χ4v) is 3.77. The SMILES string of the molecule is CCCNc1nc(SC(C)C)nc2c1cnn2CCNC(=O)c1c(F)cccc1Cl. The molecule has 0 unspecified atom stereocenters. The smallest absolute Gasteiger partial charge is 0.255 e. The molecule has 0 aliphatic heterocycles. The molecule has 0 radical (unpaired) electrons. The van der Waals surface area contributed by atoms with E-state index in [0.29, 0.717) is 22.6 Å². The Balaban J connectivity index is 1.78. The van der Waals surface area contributed by atoms with Gasteiger partial charge in [0.05, 0.1) is 28.7 Å². The molecule has 0 aliphatic carbocycles. The summed E-state index contributed by atoms with van der Waals surface area (Å²) >= 11 is 7.53. The van der Waals surface area contributed by atoms with Gasteiger partial charge in [0.25, 0.3) is 5.91 Å². The summed E-state index contributed by atoms with van der Waals surface area (Å²) < 4.78 is 15.6. The molecule has 0 aliphatic rings. The molecule has 30 heavy (non-hydrogen) atoms. The summed E-state index contributed by atoms with van der Waals surface area (Å²) in [6.07, 6.45) is 2.68. The van der Waals surface area contributed by atoms with Crippen molar-refractivity contribution in [1.29, 1.82) is 0 Å². The molecule has 2 N–H and O–H groups in total. The van der Waals surface area contributed by atoms with Crippen molar-refractivity contribution in [3.05, 3.63) is 40.8 Å². The quantitative estimate of drug-likeness (QED) is 0.372. The zero-order valence-electron chi connectivity index (χ0n) is 17.1. The van der Waals surface area contributed by atoms with Crippen LogP contribution in [0.3, 0.4) is 0 Å². The Kier molecular flexibility index (Phi) is 7.49. The second-order valence-corrected chi connectivity index (χ2v) is 8.86. The van der Waals surface area contributed by atoms with Gasteiger partial charge in [0.2, 0.25) is 0 Å². The van der Waals surface area contributed by atoms with Crippen LogP contribution in [-0.4, -0.2) is 44.0 Å². The van der Waals surface area contributed by atoms with E-state index in [9.17, 15) is 9.18 Å². The summed E-state index contributed by atoms with van der Waals surface area (Å²) in [4.78, 5) is 21.6. The third kappa shape index (κ3) is 5.20. The maximum absolute atomic E-state index is 13.9. The molecule has 2 aromatic heterocycles. The molecule has 160 valence electrons. The molecule has 0 saturated heterocycles. The third-order valence-electron chi connectivity index (χ3n) is 4.16. The molecule has 7 nitrogen and oxygen atoms in total. The van der Waals surface area contributed by atoms with Crippen LogP contribution in [0.5, 0.6) is 0 Å². The zero-order valence-corrected chi connectivity index (χ0v) is 18.6. The van der Waals surface area contributed by atoms with Crippen LogP contribution in [0.2, 0.25) is 5.02 Å². The van der Waals surface area contributed by atoms with E-state index in [1.54, 1.807) is 22.6 Å². The number of thioether (sulfide) groups is 1. The number of nitrogens with one attached hydrogen (secondary N) is 2. The Labute approximate surface area is 183 Å². The molecule has 0 bridgehead atoms. The lowest BCUT2D eigenvalue weighted by molar-refractivity contribution is 0.0948. The number of rotatable bonds is 9. The van der Waals surface area contributed by atoms with Crippen molar-refractivity contribution in [2.75, 3.05) is 18.4 Å². The number of anilines is 1. The van der Waals surface area contributed by atoms with Gasteiger partial charge in [0.1, 0.15) is 11.6 Å². The Morgan fingerprint density at radius 1 is 1.30 bits per heavy atom. The number of carbonyl (C=O) groups is 1. The molecule has 10 heteroatoms. The van der Waals surface area contributed by atoms with E-state index in [4.69, 9.17) is 11.6 Å². The Morgan fingerprint density at radius 3 is 2.80 bits per heavy atom. The average Bonchev–Trinajstić information content (AvgIpc) is 3.08. The van der Waals surface area contributed by atoms with Crippen molar-refractivity contribution < 1.29 is 9.18 Å². The number of aromatic nitrogens is 4. The molecule has 0 atom stereocenters. The first kappa shape index (κ1) is 22.3. The van der Waals surface area contributed by atoms with E-state index < -0.39 is 11.7 Å². The minimum Gasteiger partial charge on any atom is -0.369 e. The summed E-state index contributed by atoms with van der Waals surface area (Å²) in [6.45, 7) is 7.66. The van der Waals surface area contributed by atoms with Gasteiger partial charge in [-0.05, 0) is 18.6 Å². The van der Waals surface area contributed by atoms with Crippen LogP contribution in [-0.2, 0) is 6.54 Å². The monoisotopic (exact) mass is 450 g/mol. The van der Waals surface area contributed by atoms with Crippen LogP contribution in [0.4, 0.5) is 10.2 Å². The predicted octanol–water partition coefficient (Wildman–Crippen LogP) is 4.37. The number of nitrogens with zero attached hydrogens (tertiary/aromatic N) is 4. The Hall–Kier alpha value is -2.39. The van der Waals surface area contributed by atoms with Crippen LogP contribution in [0, 0.1) is 5.82 Å². The topological polar surface area (TPSA) is 84.7 Å².